The smallest absolute Gasteiger partial charge is 0.169 e. The number of likely N-dealkylation sites (tertiary alicyclic amines) is 2. The molecule has 12 nitrogen and oxygen atoms in total. The van der Waals surface area contributed by atoms with E-state index in [0.29, 0.717) is 6.10 Å². The van der Waals surface area contributed by atoms with E-state index in [1.807, 2.05) is 55.1 Å². The fraction of sp³-hybridized carbons (Fsp3) is 0.353. The normalized spacial score (nSPS) is 16.7. The molecule has 0 atom stereocenters. The van der Waals surface area contributed by atoms with Crippen LogP contribution >= 0.6 is 15.9 Å². The molecule has 0 bridgehead atoms. The molecular formula is C34H37BrN10O2. The molecule has 242 valence electrons. The molecule has 2 aliphatic heterocycles. The molecule has 2 saturated heterocycles. The summed E-state index contributed by atoms with van der Waals surface area (Å²) in [5, 5.41) is 8.46. The van der Waals surface area contributed by atoms with Crippen LogP contribution in [0.2, 0.25) is 0 Å². The molecule has 0 aromatic carbocycles. The minimum atomic E-state index is 0.285. The average molecular weight is 698 g/mol. The van der Waals surface area contributed by atoms with Crippen LogP contribution in [0.4, 0.5) is 0 Å². The van der Waals surface area contributed by atoms with Gasteiger partial charge in [-0.25, -0.2) is 19.0 Å². The van der Waals surface area contributed by atoms with Crippen LogP contribution in [0, 0.1) is 0 Å². The van der Waals surface area contributed by atoms with Crippen molar-refractivity contribution in [2.75, 3.05) is 40.3 Å². The Morgan fingerprint density at radius 1 is 0.617 bits per heavy atom. The molecule has 13 heteroatoms. The highest BCUT2D eigenvalue weighted by molar-refractivity contribution is 9.10. The number of nitrogens with zero attached hydrogens (tertiary/aromatic N) is 10. The van der Waals surface area contributed by atoms with Crippen LogP contribution < -0.4 is 9.47 Å². The van der Waals surface area contributed by atoms with E-state index in [1.165, 1.54) is 0 Å². The molecule has 47 heavy (non-hydrogen) atoms. The summed E-state index contributed by atoms with van der Waals surface area (Å²) in [6.07, 6.45) is 19.4. The molecule has 0 saturated carbocycles. The maximum Gasteiger partial charge on any atom is 0.169 e. The Bertz CT molecular complexity index is 1910. The number of hydrogen-bond acceptors (Lipinski definition) is 10. The third-order valence-electron chi connectivity index (χ3n) is 8.56. The number of ether oxygens (including phenoxy) is 2. The molecule has 0 radical (unpaired) electrons. The number of halogens is 1. The summed E-state index contributed by atoms with van der Waals surface area (Å²) in [5.41, 5.74) is 5.20. The Kier molecular flexibility index (Phi) is 9.36. The van der Waals surface area contributed by atoms with Crippen molar-refractivity contribution in [3.05, 3.63) is 84.4 Å². The fourth-order valence-corrected chi connectivity index (χ4v) is 6.13. The first-order chi connectivity index (χ1) is 23.0. The van der Waals surface area contributed by atoms with Crippen LogP contribution in [0.25, 0.3) is 33.8 Å². The predicted octanol–water partition coefficient (Wildman–Crippen LogP) is 5.29. The minimum absolute atomic E-state index is 0.285. The molecule has 8 heterocycles. The molecule has 0 unspecified atom stereocenters. The summed E-state index contributed by atoms with van der Waals surface area (Å²) in [5.74, 6) is 1.65. The standard InChI is InChI=1S/C17H18BrN5O.C17H19N5O/c1-22-6-4-13(5-7-22)24-14-2-3-16(19-9-14)12-8-20-17-15(18)10-21-23(17)11-12;1-21-8-5-14(6-9-21)23-15-2-3-16(18-11-15)13-10-19-17-4-7-20-22(17)12-13/h2-3,8-11,13H,4-7H2,1H3;2-4,7,10-12,14H,5-6,8-9H2,1H3. The summed E-state index contributed by atoms with van der Waals surface area (Å²) >= 11 is 3.43. The zero-order valence-corrected chi connectivity index (χ0v) is 28.1. The lowest BCUT2D eigenvalue weighted by Gasteiger charge is -2.29. The molecule has 6 aromatic rings. The van der Waals surface area contributed by atoms with Crippen LogP contribution in [-0.4, -0.2) is 101 Å². The Morgan fingerprint density at radius 3 is 1.72 bits per heavy atom. The lowest BCUT2D eigenvalue weighted by Crippen LogP contribution is -2.35. The highest BCUT2D eigenvalue weighted by atomic mass is 79.9. The van der Waals surface area contributed by atoms with Crippen LogP contribution in [0.1, 0.15) is 25.7 Å². The maximum atomic E-state index is 6.04. The van der Waals surface area contributed by atoms with Crippen molar-refractivity contribution in [3.63, 3.8) is 0 Å². The number of aromatic nitrogens is 8. The molecule has 0 amide bonds. The van der Waals surface area contributed by atoms with Crippen molar-refractivity contribution in [2.45, 2.75) is 37.9 Å². The first-order valence-corrected chi connectivity index (χ1v) is 16.7. The zero-order chi connectivity index (χ0) is 32.2. The topological polar surface area (TPSA) is 111 Å². The number of piperidine rings is 2. The van der Waals surface area contributed by atoms with Crippen molar-refractivity contribution >= 4 is 27.2 Å². The van der Waals surface area contributed by atoms with Crippen molar-refractivity contribution in [1.82, 2.24) is 49.0 Å². The van der Waals surface area contributed by atoms with E-state index in [-0.39, 0.29) is 6.10 Å². The van der Waals surface area contributed by atoms with E-state index in [9.17, 15) is 0 Å². The number of pyridine rings is 2. The van der Waals surface area contributed by atoms with Gasteiger partial charge in [-0.1, -0.05) is 0 Å². The van der Waals surface area contributed by atoms with Crippen molar-refractivity contribution in [2.24, 2.45) is 0 Å². The molecule has 0 N–H and O–H groups in total. The number of fused-ring (bicyclic) bond motifs is 2. The number of hydrogen-bond donors (Lipinski definition) is 0. The summed E-state index contributed by atoms with van der Waals surface area (Å²) in [6.45, 7) is 4.35. The Labute approximate surface area is 281 Å². The average Bonchev–Trinajstić information content (AvgIpc) is 3.73. The van der Waals surface area contributed by atoms with Gasteiger partial charge in [0.05, 0.1) is 40.6 Å². The van der Waals surface area contributed by atoms with Gasteiger partial charge >= 0.3 is 0 Å². The lowest BCUT2D eigenvalue weighted by atomic mass is 10.1. The van der Waals surface area contributed by atoms with Crippen LogP contribution in [0.3, 0.4) is 0 Å². The summed E-state index contributed by atoms with van der Waals surface area (Å²) in [4.78, 5) is 22.5. The SMILES string of the molecule is CN1CCC(Oc2ccc(-c3cnc4c(Br)cnn4c3)nc2)CC1.CN1CCC(Oc2ccc(-c3cnc4ccnn4c3)nc2)CC1. The predicted molar refractivity (Wildman–Crippen MR) is 182 cm³/mol. The third-order valence-corrected chi connectivity index (χ3v) is 9.12. The number of rotatable bonds is 6. The van der Waals surface area contributed by atoms with E-state index in [0.717, 1.165) is 102 Å². The maximum absolute atomic E-state index is 6.04. The van der Waals surface area contributed by atoms with Crippen LogP contribution in [0.5, 0.6) is 11.5 Å². The van der Waals surface area contributed by atoms with E-state index >= 15 is 0 Å². The summed E-state index contributed by atoms with van der Waals surface area (Å²) in [6, 6.07) is 9.76. The summed E-state index contributed by atoms with van der Waals surface area (Å²) in [7, 11) is 4.30. The van der Waals surface area contributed by atoms with Gasteiger partial charge in [0.1, 0.15) is 23.7 Å². The van der Waals surface area contributed by atoms with Gasteiger partial charge in [-0.15, -0.1) is 0 Å². The van der Waals surface area contributed by atoms with Crippen molar-refractivity contribution < 1.29 is 9.47 Å². The van der Waals surface area contributed by atoms with Gasteiger partial charge in [-0.2, -0.15) is 10.2 Å². The van der Waals surface area contributed by atoms with Gasteiger partial charge in [-0.05, 0) is 80.0 Å². The molecule has 2 fully saturated rings. The van der Waals surface area contributed by atoms with Gasteiger partial charge in [-0.3, -0.25) is 9.97 Å². The highest BCUT2D eigenvalue weighted by Crippen LogP contribution is 2.24. The summed E-state index contributed by atoms with van der Waals surface area (Å²) < 4.78 is 16.4. The van der Waals surface area contributed by atoms with Crippen LogP contribution in [0.15, 0.2) is 84.4 Å². The van der Waals surface area contributed by atoms with Gasteiger partial charge in [0.15, 0.2) is 11.3 Å². The quantitative estimate of drug-likeness (QED) is 0.228. The van der Waals surface area contributed by atoms with Gasteiger partial charge in [0, 0.05) is 68.2 Å². The molecule has 0 spiro atoms. The Balaban J connectivity index is 0.000000150. The van der Waals surface area contributed by atoms with E-state index in [4.69, 9.17) is 9.47 Å². The lowest BCUT2D eigenvalue weighted by molar-refractivity contribution is 0.114. The fourth-order valence-electron chi connectivity index (χ4n) is 5.75. The van der Waals surface area contributed by atoms with Crippen molar-refractivity contribution in [1.29, 1.82) is 0 Å². The van der Waals surface area contributed by atoms with E-state index in [1.54, 1.807) is 33.8 Å². The van der Waals surface area contributed by atoms with E-state index in [2.05, 4.69) is 70.0 Å². The van der Waals surface area contributed by atoms with E-state index < -0.39 is 0 Å². The molecule has 6 aromatic heterocycles. The Hall–Kier alpha value is -4.46. The first kappa shape index (κ1) is 31.2. The highest BCUT2D eigenvalue weighted by Gasteiger charge is 2.19. The van der Waals surface area contributed by atoms with Gasteiger partial charge in [0.25, 0.3) is 0 Å². The molecule has 0 aliphatic carbocycles. The monoisotopic (exact) mass is 696 g/mol. The molecule has 2 aliphatic rings. The largest absolute Gasteiger partial charge is 0.489 e. The van der Waals surface area contributed by atoms with Gasteiger partial charge in [0.2, 0.25) is 0 Å². The minimum Gasteiger partial charge on any atom is -0.489 e. The Morgan fingerprint density at radius 2 is 1.17 bits per heavy atom. The second-order valence-corrected chi connectivity index (χ2v) is 12.9. The zero-order valence-electron chi connectivity index (χ0n) is 26.5. The first-order valence-electron chi connectivity index (χ1n) is 15.9. The van der Waals surface area contributed by atoms with Crippen molar-refractivity contribution in [3.8, 4) is 34.0 Å². The van der Waals surface area contributed by atoms with Crippen LogP contribution in [-0.2, 0) is 0 Å². The molecule has 8 rings (SSSR count). The second-order valence-electron chi connectivity index (χ2n) is 12.1. The van der Waals surface area contributed by atoms with Gasteiger partial charge < -0.3 is 19.3 Å². The third kappa shape index (κ3) is 7.58. The second kappa shape index (κ2) is 14.1. The molecular weight excluding hydrogens is 660 g/mol.